The van der Waals surface area contributed by atoms with Gasteiger partial charge in [0.1, 0.15) is 11.8 Å². The van der Waals surface area contributed by atoms with Gasteiger partial charge in [0, 0.05) is 11.4 Å². The molecule has 0 saturated carbocycles. The van der Waals surface area contributed by atoms with E-state index in [0.717, 1.165) is 5.56 Å². The average Bonchev–Trinajstić information content (AvgIpc) is 3.20. The lowest BCUT2D eigenvalue weighted by molar-refractivity contribution is -0.123. The van der Waals surface area contributed by atoms with Crippen LogP contribution in [0.15, 0.2) is 71.3 Å². The van der Waals surface area contributed by atoms with Crippen molar-refractivity contribution in [3.8, 4) is 0 Å². The Morgan fingerprint density at radius 2 is 1.79 bits per heavy atom. The first-order valence-electron chi connectivity index (χ1n) is 8.63. The fraction of sp³-hybridized carbons (Fsp3) is 0.143. The molecule has 0 spiro atoms. The van der Waals surface area contributed by atoms with Crippen molar-refractivity contribution in [3.63, 3.8) is 0 Å². The Hall–Kier alpha value is -2.76. The van der Waals surface area contributed by atoms with E-state index in [1.165, 1.54) is 18.4 Å². The van der Waals surface area contributed by atoms with Crippen LogP contribution in [0.25, 0.3) is 0 Å². The number of hydrogen-bond acceptors (Lipinski definition) is 3. The molecule has 144 valence electrons. The van der Waals surface area contributed by atoms with E-state index in [2.05, 4.69) is 10.6 Å². The van der Waals surface area contributed by atoms with Gasteiger partial charge < -0.3 is 15.1 Å². The minimum Gasteiger partial charge on any atom is -0.467 e. The highest BCUT2D eigenvalue weighted by atomic mass is 35.5. The van der Waals surface area contributed by atoms with Gasteiger partial charge >= 0.3 is 0 Å². The molecule has 7 heteroatoms. The fourth-order valence-corrected chi connectivity index (χ4v) is 3.17. The maximum atomic E-state index is 12.7. The van der Waals surface area contributed by atoms with Crippen molar-refractivity contribution in [3.05, 3.63) is 93.9 Å². The van der Waals surface area contributed by atoms with Crippen molar-refractivity contribution in [2.24, 2.45) is 0 Å². The summed E-state index contributed by atoms with van der Waals surface area (Å²) in [4.78, 5) is 25.4. The molecule has 28 heavy (non-hydrogen) atoms. The third-order valence-electron chi connectivity index (χ3n) is 4.10. The summed E-state index contributed by atoms with van der Waals surface area (Å²) >= 11 is 12.0. The maximum absolute atomic E-state index is 12.7. The first kappa shape index (κ1) is 20.0. The molecule has 0 unspecified atom stereocenters. The standard InChI is InChI=1S/C21H18Cl2N2O3/c22-15-8-9-17(18(23)12-15)20(26)25-19(11-14-5-2-1-3-6-14)21(27)24-13-16-7-4-10-28-16/h1-10,12,19H,11,13H2,(H,24,27)(H,25,26)/t19-/m1/s1. The summed E-state index contributed by atoms with van der Waals surface area (Å²) < 4.78 is 5.23. The molecule has 1 heterocycles. The van der Waals surface area contributed by atoms with Crippen molar-refractivity contribution < 1.29 is 14.0 Å². The number of furan rings is 1. The van der Waals surface area contributed by atoms with Crippen LogP contribution in [-0.4, -0.2) is 17.9 Å². The van der Waals surface area contributed by atoms with Crippen LogP contribution >= 0.6 is 23.2 Å². The van der Waals surface area contributed by atoms with Gasteiger partial charge in [0.05, 0.1) is 23.4 Å². The Morgan fingerprint density at radius 3 is 2.46 bits per heavy atom. The van der Waals surface area contributed by atoms with Crippen molar-refractivity contribution in [2.75, 3.05) is 0 Å². The van der Waals surface area contributed by atoms with E-state index < -0.39 is 11.9 Å². The molecule has 2 N–H and O–H groups in total. The van der Waals surface area contributed by atoms with Gasteiger partial charge in [-0.25, -0.2) is 0 Å². The number of carbonyl (C=O) groups excluding carboxylic acids is 2. The van der Waals surface area contributed by atoms with Gasteiger partial charge in [-0.05, 0) is 35.9 Å². The topological polar surface area (TPSA) is 71.3 Å². The summed E-state index contributed by atoms with van der Waals surface area (Å²) in [6, 6.07) is 16.8. The molecule has 0 saturated heterocycles. The molecule has 2 aromatic carbocycles. The molecule has 1 atom stereocenters. The van der Waals surface area contributed by atoms with E-state index in [4.69, 9.17) is 27.6 Å². The second kappa shape index (κ2) is 9.44. The van der Waals surface area contributed by atoms with E-state index in [-0.39, 0.29) is 23.0 Å². The number of halogens is 2. The smallest absolute Gasteiger partial charge is 0.253 e. The Bertz CT molecular complexity index is 944. The molecule has 0 aliphatic rings. The number of carbonyl (C=O) groups is 2. The highest BCUT2D eigenvalue weighted by Gasteiger charge is 2.23. The number of benzene rings is 2. The monoisotopic (exact) mass is 416 g/mol. The average molecular weight is 417 g/mol. The van der Waals surface area contributed by atoms with Gasteiger partial charge in [-0.1, -0.05) is 53.5 Å². The minimum atomic E-state index is -0.781. The normalized spacial score (nSPS) is 11.6. The van der Waals surface area contributed by atoms with E-state index in [1.807, 2.05) is 30.3 Å². The molecule has 3 aromatic rings. The van der Waals surface area contributed by atoms with Gasteiger partial charge in [-0.15, -0.1) is 0 Å². The first-order valence-corrected chi connectivity index (χ1v) is 9.38. The van der Waals surface area contributed by atoms with E-state index in [9.17, 15) is 9.59 Å². The predicted octanol–water partition coefficient (Wildman–Crippen LogP) is 4.24. The molecular weight excluding hydrogens is 399 g/mol. The molecule has 0 fully saturated rings. The molecule has 3 rings (SSSR count). The van der Waals surface area contributed by atoms with Crippen LogP contribution in [0.2, 0.25) is 10.0 Å². The Labute approximate surface area is 172 Å². The number of nitrogens with one attached hydrogen (secondary N) is 2. The third kappa shape index (κ3) is 5.38. The zero-order valence-electron chi connectivity index (χ0n) is 14.8. The highest BCUT2D eigenvalue weighted by Crippen LogP contribution is 2.21. The Kier molecular flexibility index (Phi) is 6.74. The minimum absolute atomic E-state index is 0.222. The first-order chi connectivity index (χ1) is 13.5. The van der Waals surface area contributed by atoms with Gasteiger partial charge in [0.25, 0.3) is 5.91 Å². The largest absolute Gasteiger partial charge is 0.467 e. The lowest BCUT2D eigenvalue weighted by atomic mass is 10.0. The Morgan fingerprint density at radius 1 is 1.00 bits per heavy atom. The second-order valence-corrected chi connectivity index (χ2v) is 6.98. The summed E-state index contributed by atoms with van der Waals surface area (Å²) in [6.45, 7) is 0.231. The third-order valence-corrected chi connectivity index (χ3v) is 4.64. The number of hydrogen-bond donors (Lipinski definition) is 2. The lowest BCUT2D eigenvalue weighted by Gasteiger charge is -2.19. The van der Waals surface area contributed by atoms with Gasteiger partial charge in [0.2, 0.25) is 5.91 Å². The zero-order chi connectivity index (χ0) is 19.9. The van der Waals surface area contributed by atoms with Crippen LogP contribution < -0.4 is 10.6 Å². The lowest BCUT2D eigenvalue weighted by Crippen LogP contribution is -2.47. The number of amides is 2. The van der Waals surface area contributed by atoms with E-state index in [1.54, 1.807) is 18.2 Å². The molecule has 0 aliphatic carbocycles. The SMILES string of the molecule is O=C(N[C@H](Cc1ccccc1)C(=O)NCc1ccco1)c1ccc(Cl)cc1Cl. The highest BCUT2D eigenvalue weighted by molar-refractivity contribution is 6.36. The van der Waals surface area contributed by atoms with Crippen molar-refractivity contribution in [1.82, 2.24) is 10.6 Å². The molecule has 0 bridgehead atoms. The quantitative estimate of drug-likeness (QED) is 0.604. The summed E-state index contributed by atoms with van der Waals surface area (Å²) in [6.07, 6.45) is 1.87. The molecule has 0 radical (unpaired) electrons. The van der Waals surface area contributed by atoms with Gasteiger partial charge in [0.15, 0.2) is 0 Å². The van der Waals surface area contributed by atoms with Gasteiger partial charge in [-0.3, -0.25) is 9.59 Å². The van der Waals surface area contributed by atoms with Crippen LogP contribution in [0.5, 0.6) is 0 Å². The fourth-order valence-electron chi connectivity index (χ4n) is 2.68. The summed E-state index contributed by atoms with van der Waals surface area (Å²) in [5.74, 6) is -0.145. The molecule has 2 amide bonds. The number of rotatable bonds is 7. The second-order valence-electron chi connectivity index (χ2n) is 6.14. The van der Waals surface area contributed by atoms with Crippen molar-refractivity contribution in [2.45, 2.75) is 19.0 Å². The van der Waals surface area contributed by atoms with Crippen LogP contribution in [0, 0.1) is 0 Å². The van der Waals surface area contributed by atoms with Crippen molar-refractivity contribution in [1.29, 1.82) is 0 Å². The van der Waals surface area contributed by atoms with Gasteiger partial charge in [-0.2, -0.15) is 0 Å². The van der Waals surface area contributed by atoms with E-state index >= 15 is 0 Å². The maximum Gasteiger partial charge on any atom is 0.253 e. The molecule has 0 aliphatic heterocycles. The van der Waals surface area contributed by atoms with Crippen LogP contribution in [0.4, 0.5) is 0 Å². The van der Waals surface area contributed by atoms with E-state index in [0.29, 0.717) is 17.2 Å². The predicted molar refractivity (Wildman–Crippen MR) is 108 cm³/mol. The van der Waals surface area contributed by atoms with Crippen LogP contribution in [-0.2, 0) is 17.8 Å². The summed E-state index contributed by atoms with van der Waals surface area (Å²) in [5, 5.41) is 6.20. The summed E-state index contributed by atoms with van der Waals surface area (Å²) in [7, 11) is 0. The van der Waals surface area contributed by atoms with Crippen LogP contribution in [0.3, 0.4) is 0 Å². The molecule has 1 aromatic heterocycles. The summed E-state index contributed by atoms with van der Waals surface area (Å²) in [5.41, 5.74) is 1.17. The Balaban J connectivity index is 1.74. The van der Waals surface area contributed by atoms with Crippen molar-refractivity contribution >= 4 is 35.0 Å². The zero-order valence-corrected chi connectivity index (χ0v) is 16.3. The van der Waals surface area contributed by atoms with Crippen LogP contribution in [0.1, 0.15) is 21.7 Å². The molecular formula is C21H18Cl2N2O3. The molecule has 5 nitrogen and oxygen atoms in total.